The third kappa shape index (κ3) is 2.68. The van der Waals surface area contributed by atoms with Gasteiger partial charge in [0.2, 0.25) is 0 Å². The van der Waals surface area contributed by atoms with Gasteiger partial charge >= 0.3 is 5.97 Å². The SMILES string of the molecule is CC[C@@]1(O)C(=O)OCc2c1cc1n(c2=O)Cc2c-1c(=O)c1cc(F)ccc1n2[C@@H]1CCN(C)C1. The number of halogens is 1. The number of benzene rings is 1. The number of cyclic esters (lactones) is 1. The fourth-order valence-corrected chi connectivity index (χ4v) is 5.80. The second-order valence-electron chi connectivity index (χ2n) is 9.49. The molecule has 0 bridgehead atoms. The Labute approximate surface area is 193 Å². The monoisotopic (exact) mass is 465 g/mol. The number of rotatable bonds is 2. The first-order valence-corrected chi connectivity index (χ1v) is 11.5. The number of pyridine rings is 2. The smallest absolute Gasteiger partial charge is 0.343 e. The molecular formula is C25H24FN3O5. The van der Waals surface area contributed by atoms with E-state index in [1.54, 1.807) is 19.1 Å². The molecule has 3 aromatic rings. The minimum absolute atomic E-state index is 0.0240. The van der Waals surface area contributed by atoms with Crippen molar-refractivity contribution in [2.45, 2.75) is 44.6 Å². The van der Waals surface area contributed by atoms with Crippen molar-refractivity contribution in [2.24, 2.45) is 0 Å². The first-order chi connectivity index (χ1) is 16.2. The van der Waals surface area contributed by atoms with Crippen LogP contribution in [0.3, 0.4) is 0 Å². The van der Waals surface area contributed by atoms with Crippen LogP contribution in [0.15, 0.2) is 33.9 Å². The van der Waals surface area contributed by atoms with Crippen molar-refractivity contribution in [1.82, 2.24) is 14.0 Å². The van der Waals surface area contributed by atoms with Crippen LogP contribution in [0.5, 0.6) is 0 Å². The van der Waals surface area contributed by atoms with Crippen molar-refractivity contribution in [2.75, 3.05) is 20.1 Å². The molecule has 8 nitrogen and oxygen atoms in total. The average molecular weight is 465 g/mol. The topological polar surface area (TPSA) is 93.8 Å². The molecule has 0 saturated carbocycles. The Morgan fingerprint density at radius 1 is 1.24 bits per heavy atom. The number of aromatic nitrogens is 2. The van der Waals surface area contributed by atoms with Crippen molar-refractivity contribution < 1.29 is 19.0 Å². The summed E-state index contributed by atoms with van der Waals surface area (Å²) in [6, 6.07) is 5.85. The Hall–Kier alpha value is -3.30. The molecule has 1 N–H and O–H groups in total. The molecule has 1 saturated heterocycles. The summed E-state index contributed by atoms with van der Waals surface area (Å²) in [6.07, 6.45) is 0.883. The van der Waals surface area contributed by atoms with Crippen molar-refractivity contribution >= 4 is 16.9 Å². The van der Waals surface area contributed by atoms with E-state index in [-0.39, 0.29) is 47.6 Å². The van der Waals surface area contributed by atoms with E-state index < -0.39 is 22.9 Å². The van der Waals surface area contributed by atoms with Crippen molar-refractivity contribution in [3.63, 3.8) is 0 Å². The Kier molecular flexibility index (Phi) is 4.44. The minimum atomic E-state index is -1.96. The van der Waals surface area contributed by atoms with Gasteiger partial charge in [-0.2, -0.15) is 0 Å². The summed E-state index contributed by atoms with van der Waals surface area (Å²) in [5, 5.41) is 11.3. The molecule has 5 heterocycles. The highest BCUT2D eigenvalue weighted by Gasteiger charge is 2.45. The van der Waals surface area contributed by atoms with Gasteiger partial charge in [-0.25, -0.2) is 9.18 Å². The number of hydrogen-bond donors (Lipinski definition) is 1. The second-order valence-corrected chi connectivity index (χ2v) is 9.49. The van der Waals surface area contributed by atoms with Crippen LogP contribution >= 0.6 is 0 Å². The molecular weight excluding hydrogens is 441 g/mol. The maximum absolute atomic E-state index is 14.2. The van der Waals surface area contributed by atoms with Gasteiger partial charge in [-0.15, -0.1) is 0 Å². The highest BCUT2D eigenvalue weighted by Crippen LogP contribution is 2.39. The maximum Gasteiger partial charge on any atom is 0.343 e. The molecule has 3 aliphatic heterocycles. The lowest BCUT2D eigenvalue weighted by Crippen LogP contribution is -2.44. The predicted octanol–water partition coefficient (Wildman–Crippen LogP) is 1.86. The summed E-state index contributed by atoms with van der Waals surface area (Å²) in [7, 11) is 2.03. The van der Waals surface area contributed by atoms with E-state index in [0.29, 0.717) is 22.5 Å². The average Bonchev–Trinajstić information content (AvgIpc) is 3.41. The summed E-state index contributed by atoms with van der Waals surface area (Å²) >= 11 is 0. The number of hydrogen-bond acceptors (Lipinski definition) is 6. The lowest BCUT2D eigenvalue weighted by molar-refractivity contribution is -0.172. The molecule has 0 radical (unpaired) electrons. The van der Waals surface area contributed by atoms with Crippen molar-refractivity contribution in [3.05, 3.63) is 67.5 Å². The third-order valence-electron chi connectivity index (χ3n) is 7.61. The zero-order valence-corrected chi connectivity index (χ0v) is 18.9. The number of carbonyl (C=O) groups is 1. The van der Waals surface area contributed by atoms with Crippen LogP contribution < -0.4 is 11.0 Å². The Balaban J connectivity index is 1.70. The van der Waals surface area contributed by atoms with Gasteiger partial charge in [0.1, 0.15) is 12.4 Å². The molecule has 2 aromatic heterocycles. The van der Waals surface area contributed by atoms with Gasteiger partial charge in [-0.05, 0) is 50.7 Å². The second kappa shape index (κ2) is 7.10. The van der Waals surface area contributed by atoms with Gasteiger partial charge in [-0.1, -0.05) is 6.92 Å². The largest absolute Gasteiger partial charge is 0.458 e. The summed E-state index contributed by atoms with van der Waals surface area (Å²) in [5.41, 5.74) is -0.320. The normalized spacial score (nSPS) is 23.6. The fraction of sp³-hybridized carbons (Fsp3) is 0.400. The zero-order chi connectivity index (χ0) is 23.9. The van der Waals surface area contributed by atoms with E-state index in [1.807, 2.05) is 7.05 Å². The van der Waals surface area contributed by atoms with Gasteiger partial charge in [0, 0.05) is 23.5 Å². The Bertz CT molecular complexity index is 1520. The number of likely N-dealkylation sites (tertiary alicyclic amines) is 1. The number of aliphatic hydroxyl groups is 1. The zero-order valence-electron chi connectivity index (χ0n) is 18.9. The van der Waals surface area contributed by atoms with Gasteiger partial charge in [0.15, 0.2) is 11.0 Å². The molecule has 0 unspecified atom stereocenters. The van der Waals surface area contributed by atoms with E-state index in [2.05, 4.69) is 9.47 Å². The van der Waals surface area contributed by atoms with Crippen LogP contribution in [-0.2, 0) is 28.3 Å². The van der Waals surface area contributed by atoms with Gasteiger partial charge in [0.05, 0.1) is 34.6 Å². The molecule has 1 aromatic carbocycles. The standard InChI is InChI=1S/C25H24FN3O5/c1-3-25(33)17-9-19-21-20(11-28(19)23(31)16(17)12-34-24(25)32)29(14-6-7-27(2)10-14)18-5-4-13(26)8-15(18)22(21)30/h4-5,8-9,14,33H,3,6-7,10-12H2,1-2H3/t14-,25+/m1/s1. The molecule has 1 fully saturated rings. The predicted molar refractivity (Wildman–Crippen MR) is 122 cm³/mol. The highest BCUT2D eigenvalue weighted by molar-refractivity contribution is 5.88. The van der Waals surface area contributed by atoms with Crippen LogP contribution in [0.1, 0.15) is 42.6 Å². The summed E-state index contributed by atoms with van der Waals surface area (Å²) in [6.45, 7) is 3.24. The lowest BCUT2D eigenvalue weighted by Gasteiger charge is -2.31. The molecule has 0 amide bonds. The first-order valence-electron chi connectivity index (χ1n) is 11.5. The molecule has 176 valence electrons. The van der Waals surface area contributed by atoms with Crippen LogP contribution in [-0.4, -0.2) is 45.2 Å². The number of fused-ring (bicyclic) bond motifs is 5. The van der Waals surface area contributed by atoms with E-state index in [9.17, 15) is 23.9 Å². The Morgan fingerprint density at radius 2 is 2.03 bits per heavy atom. The highest BCUT2D eigenvalue weighted by atomic mass is 19.1. The van der Waals surface area contributed by atoms with E-state index in [1.165, 1.54) is 16.7 Å². The number of carbonyl (C=O) groups excluding carboxylic acids is 1. The van der Waals surface area contributed by atoms with E-state index >= 15 is 0 Å². The van der Waals surface area contributed by atoms with Crippen LogP contribution in [0.4, 0.5) is 4.39 Å². The number of nitrogens with zero attached hydrogens (tertiary/aromatic N) is 3. The molecule has 0 spiro atoms. The van der Waals surface area contributed by atoms with E-state index in [4.69, 9.17) is 4.74 Å². The summed E-state index contributed by atoms with van der Waals surface area (Å²) in [5.74, 6) is -1.32. The first kappa shape index (κ1) is 21.2. The number of esters is 1. The summed E-state index contributed by atoms with van der Waals surface area (Å²) < 4.78 is 22.9. The quantitative estimate of drug-likeness (QED) is 0.455. The van der Waals surface area contributed by atoms with Crippen molar-refractivity contribution in [1.29, 1.82) is 0 Å². The van der Waals surface area contributed by atoms with Crippen LogP contribution in [0, 0.1) is 5.82 Å². The number of likely N-dealkylation sites (N-methyl/N-ethyl adjacent to an activating group) is 1. The van der Waals surface area contributed by atoms with Crippen molar-refractivity contribution in [3.8, 4) is 11.3 Å². The number of ether oxygens (including phenoxy) is 1. The van der Waals surface area contributed by atoms with Gasteiger partial charge in [0.25, 0.3) is 5.56 Å². The molecule has 6 rings (SSSR count). The Morgan fingerprint density at radius 3 is 2.74 bits per heavy atom. The molecule has 2 atom stereocenters. The minimum Gasteiger partial charge on any atom is -0.458 e. The molecule has 0 aliphatic carbocycles. The van der Waals surface area contributed by atoms with E-state index in [0.717, 1.165) is 19.5 Å². The van der Waals surface area contributed by atoms with Crippen LogP contribution in [0.25, 0.3) is 22.2 Å². The molecule has 9 heteroatoms. The fourth-order valence-electron chi connectivity index (χ4n) is 5.80. The van der Waals surface area contributed by atoms with Gasteiger partial charge in [-0.3, -0.25) is 9.59 Å². The summed E-state index contributed by atoms with van der Waals surface area (Å²) in [4.78, 5) is 41.8. The molecule has 3 aliphatic rings. The lowest BCUT2D eigenvalue weighted by atomic mass is 9.85. The van der Waals surface area contributed by atoms with Gasteiger partial charge < -0.3 is 23.9 Å². The third-order valence-corrected chi connectivity index (χ3v) is 7.61. The molecule has 34 heavy (non-hydrogen) atoms. The van der Waals surface area contributed by atoms with Crippen LogP contribution in [0.2, 0.25) is 0 Å². The maximum atomic E-state index is 14.2.